The molecule has 80 valence electrons. The SMILES string of the molecule is CCN(c1cnn(SC)c1)c1c[nH]cn1. The van der Waals surface area contributed by atoms with Crippen molar-refractivity contribution in [1.29, 1.82) is 0 Å². The van der Waals surface area contributed by atoms with Gasteiger partial charge < -0.3 is 9.88 Å². The molecule has 0 amide bonds. The highest BCUT2D eigenvalue weighted by Crippen LogP contribution is 2.22. The third kappa shape index (κ3) is 1.99. The number of nitrogens with one attached hydrogen (secondary N) is 1. The van der Waals surface area contributed by atoms with Gasteiger partial charge in [0.2, 0.25) is 0 Å². The maximum atomic E-state index is 4.23. The summed E-state index contributed by atoms with van der Waals surface area (Å²) in [7, 11) is 0. The molecule has 5 nitrogen and oxygen atoms in total. The topological polar surface area (TPSA) is 49.7 Å². The molecule has 0 aliphatic carbocycles. The summed E-state index contributed by atoms with van der Waals surface area (Å²) in [5.41, 5.74) is 1.05. The third-order valence-corrected chi connectivity index (χ3v) is 2.70. The van der Waals surface area contributed by atoms with E-state index in [1.807, 2.05) is 28.9 Å². The molecule has 2 rings (SSSR count). The summed E-state index contributed by atoms with van der Waals surface area (Å²) >= 11 is 1.57. The fourth-order valence-corrected chi connectivity index (χ4v) is 1.77. The number of hydrogen-bond donors (Lipinski definition) is 1. The molecule has 2 aromatic rings. The molecule has 0 aliphatic heterocycles. The van der Waals surface area contributed by atoms with E-state index >= 15 is 0 Å². The molecular weight excluding hydrogens is 210 g/mol. The molecule has 0 bridgehead atoms. The normalized spacial score (nSPS) is 10.5. The van der Waals surface area contributed by atoms with Gasteiger partial charge >= 0.3 is 0 Å². The summed E-state index contributed by atoms with van der Waals surface area (Å²) in [6.07, 6.45) is 9.37. The van der Waals surface area contributed by atoms with Crippen LogP contribution >= 0.6 is 11.9 Å². The molecule has 6 heteroatoms. The van der Waals surface area contributed by atoms with Gasteiger partial charge in [0, 0.05) is 19.0 Å². The average molecular weight is 223 g/mol. The van der Waals surface area contributed by atoms with Gasteiger partial charge in [-0.05, 0) is 18.9 Å². The lowest BCUT2D eigenvalue weighted by Crippen LogP contribution is -2.15. The Bertz CT molecular complexity index is 408. The summed E-state index contributed by atoms with van der Waals surface area (Å²) in [5.74, 6) is 0.915. The molecule has 0 fully saturated rings. The Morgan fingerprint density at radius 3 is 3.00 bits per heavy atom. The number of aromatic nitrogens is 4. The first-order valence-corrected chi connectivity index (χ1v) is 5.88. The van der Waals surface area contributed by atoms with Crippen LogP contribution in [0.25, 0.3) is 0 Å². The zero-order valence-electron chi connectivity index (χ0n) is 8.71. The van der Waals surface area contributed by atoms with Crippen molar-refractivity contribution in [2.75, 3.05) is 17.7 Å². The summed E-state index contributed by atoms with van der Waals surface area (Å²) in [5, 5.41) is 4.21. The standard InChI is InChI=1S/C9H13N5S/c1-3-13(9-5-10-7-11-9)8-4-12-14(6-8)15-2/h4-7H,3H2,1-2H3,(H,10,11). The predicted octanol–water partition coefficient (Wildman–Crippen LogP) is 1.89. The quantitative estimate of drug-likeness (QED) is 0.860. The Morgan fingerprint density at radius 1 is 1.60 bits per heavy atom. The average Bonchev–Trinajstić information content (AvgIpc) is 2.89. The number of aromatic amines is 1. The summed E-state index contributed by atoms with van der Waals surface area (Å²) < 4.78 is 1.82. The fourth-order valence-electron chi connectivity index (χ4n) is 1.41. The number of nitrogens with zero attached hydrogens (tertiary/aromatic N) is 4. The molecule has 0 aliphatic rings. The zero-order valence-corrected chi connectivity index (χ0v) is 9.53. The largest absolute Gasteiger partial charge is 0.349 e. The minimum absolute atomic E-state index is 0.866. The smallest absolute Gasteiger partial charge is 0.151 e. The van der Waals surface area contributed by atoms with Gasteiger partial charge in [-0.25, -0.2) is 9.07 Å². The number of H-pyrrole nitrogens is 1. The van der Waals surface area contributed by atoms with Gasteiger partial charge in [-0.2, -0.15) is 5.10 Å². The van der Waals surface area contributed by atoms with Crippen LogP contribution < -0.4 is 4.90 Å². The first-order chi connectivity index (χ1) is 7.35. The van der Waals surface area contributed by atoms with Crippen molar-refractivity contribution >= 4 is 23.5 Å². The van der Waals surface area contributed by atoms with E-state index in [0.29, 0.717) is 0 Å². The zero-order chi connectivity index (χ0) is 10.7. The van der Waals surface area contributed by atoms with Crippen molar-refractivity contribution in [3.05, 3.63) is 24.9 Å². The van der Waals surface area contributed by atoms with E-state index in [0.717, 1.165) is 18.1 Å². The van der Waals surface area contributed by atoms with Crippen LogP contribution in [-0.4, -0.2) is 32.0 Å². The molecule has 0 unspecified atom stereocenters. The van der Waals surface area contributed by atoms with Gasteiger partial charge in [-0.15, -0.1) is 0 Å². The van der Waals surface area contributed by atoms with E-state index in [9.17, 15) is 0 Å². The lowest BCUT2D eigenvalue weighted by Gasteiger charge is -2.17. The molecule has 0 atom stereocenters. The van der Waals surface area contributed by atoms with Gasteiger partial charge in [0.15, 0.2) is 5.82 Å². The van der Waals surface area contributed by atoms with Gasteiger partial charge in [0.25, 0.3) is 0 Å². The van der Waals surface area contributed by atoms with Crippen molar-refractivity contribution in [2.24, 2.45) is 0 Å². The highest BCUT2D eigenvalue weighted by Gasteiger charge is 2.10. The second kappa shape index (κ2) is 4.39. The Hall–Kier alpha value is -1.43. The molecule has 2 heterocycles. The minimum Gasteiger partial charge on any atom is -0.349 e. The van der Waals surface area contributed by atoms with Crippen molar-refractivity contribution in [3.63, 3.8) is 0 Å². The molecule has 0 aromatic carbocycles. The van der Waals surface area contributed by atoms with Crippen molar-refractivity contribution in [1.82, 2.24) is 19.2 Å². The van der Waals surface area contributed by atoms with Gasteiger partial charge in [0.1, 0.15) is 0 Å². The number of anilines is 2. The molecule has 15 heavy (non-hydrogen) atoms. The van der Waals surface area contributed by atoms with E-state index in [2.05, 4.69) is 26.9 Å². The monoisotopic (exact) mass is 223 g/mol. The Kier molecular flexibility index (Phi) is 2.96. The van der Waals surface area contributed by atoms with Gasteiger partial charge in [-0.3, -0.25) is 0 Å². The highest BCUT2D eigenvalue weighted by molar-refractivity contribution is 7.97. The first kappa shape index (κ1) is 10.1. The van der Waals surface area contributed by atoms with E-state index in [-0.39, 0.29) is 0 Å². The van der Waals surface area contributed by atoms with Crippen LogP contribution in [0.2, 0.25) is 0 Å². The predicted molar refractivity (Wildman–Crippen MR) is 62.4 cm³/mol. The van der Waals surface area contributed by atoms with Crippen LogP contribution in [0.3, 0.4) is 0 Å². The number of rotatable bonds is 4. The molecule has 0 saturated heterocycles. The van der Waals surface area contributed by atoms with Crippen molar-refractivity contribution in [3.8, 4) is 0 Å². The Morgan fingerprint density at radius 2 is 2.47 bits per heavy atom. The van der Waals surface area contributed by atoms with E-state index in [1.54, 1.807) is 18.3 Å². The first-order valence-electron chi connectivity index (χ1n) is 4.70. The van der Waals surface area contributed by atoms with Crippen molar-refractivity contribution < 1.29 is 0 Å². The maximum Gasteiger partial charge on any atom is 0.151 e. The highest BCUT2D eigenvalue weighted by atomic mass is 32.2. The molecule has 1 N–H and O–H groups in total. The van der Waals surface area contributed by atoms with Crippen LogP contribution in [0.15, 0.2) is 24.9 Å². The summed E-state index contributed by atoms with van der Waals surface area (Å²) in [6.45, 7) is 2.95. The van der Waals surface area contributed by atoms with Crippen molar-refractivity contribution in [2.45, 2.75) is 6.92 Å². The second-order valence-corrected chi connectivity index (χ2v) is 3.69. The third-order valence-electron chi connectivity index (χ3n) is 2.12. The van der Waals surface area contributed by atoms with Gasteiger partial charge in [0.05, 0.1) is 24.4 Å². The van der Waals surface area contributed by atoms with E-state index in [4.69, 9.17) is 0 Å². The molecule has 0 spiro atoms. The van der Waals surface area contributed by atoms with Crippen LogP contribution in [0.4, 0.5) is 11.5 Å². The molecule has 0 radical (unpaired) electrons. The Balaban J connectivity index is 2.27. The van der Waals surface area contributed by atoms with Crippen LogP contribution in [0, 0.1) is 0 Å². The number of hydrogen-bond acceptors (Lipinski definition) is 4. The summed E-state index contributed by atoms with van der Waals surface area (Å²) in [6, 6.07) is 0. The minimum atomic E-state index is 0.866. The molecule has 0 saturated carbocycles. The molecular formula is C9H13N5S. The molecule has 2 aromatic heterocycles. The fraction of sp³-hybridized carbons (Fsp3) is 0.333. The van der Waals surface area contributed by atoms with E-state index < -0.39 is 0 Å². The van der Waals surface area contributed by atoms with Crippen LogP contribution in [0.1, 0.15) is 6.92 Å². The van der Waals surface area contributed by atoms with Gasteiger partial charge in [-0.1, -0.05) is 0 Å². The van der Waals surface area contributed by atoms with Crippen LogP contribution in [0.5, 0.6) is 0 Å². The van der Waals surface area contributed by atoms with Crippen LogP contribution in [-0.2, 0) is 0 Å². The lowest BCUT2D eigenvalue weighted by molar-refractivity contribution is 0.999. The van der Waals surface area contributed by atoms with E-state index in [1.165, 1.54) is 0 Å². The second-order valence-electron chi connectivity index (χ2n) is 2.96. The maximum absolute atomic E-state index is 4.23. The summed E-state index contributed by atoms with van der Waals surface area (Å²) in [4.78, 5) is 9.27. The number of imidazole rings is 1. The Labute approximate surface area is 92.6 Å². The lowest BCUT2D eigenvalue weighted by atomic mass is 10.4.